The zero-order valence-electron chi connectivity index (χ0n) is 19.1. The molecule has 0 amide bonds. The van der Waals surface area contributed by atoms with E-state index in [1.165, 1.54) is 31.2 Å². The Kier molecular flexibility index (Phi) is 7.22. The van der Waals surface area contributed by atoms with E-state index in [-0.39, 0.29) is 17.1 Å². The van der Waals surface area contributed by atoms with Crippen LogP contribution in [0.3, 0.4) is 0 Å². The number of benzene rings is 3. The molecule has 3 aromatic carbocycles. The third-order valence-electron chi connectivity index (χ3n) is 6.56. The first-order chi connectivity index (χ1) is 16.0. The topological polar surface area (TPSA) is 9.23 Å². The molecule has 1 aliphatic carbocycles. The number of hydrogen-bond donors (Lipinski definition) is 0. The van der Waals surface area contributed by atoms with Gasteiger partial charge in [-0.3, -0.25) is 0 Å². The molecule has 1 fully saturated rings. The van der Waals surface area contributed by atoms with E-state index in [0.717, 1.165) is 30.7 Å². The van der Waals surface area contributed by atoms with Crippen LogP contribution in [0.25, 0.3) is 22.3 Å². The van der Waals surface area contributed by atoms with Crippen LogP contribution < -0.4 is 4.74 Å². The molecule has 1 aliphatic rings. The molecule has 0 aromatic heterocycles. The van der Waals surface area contributed by atoms with Crippen LogP contribution in [-0.2, 0) is 0 Å². The summed E-state index contributed by atoms with van der Waals surface area (Å²) in [6.45, 7) is 4.19. The van der Waals surface area contributed by atoms with Gasteiger partial charge in [-0.2, -0.15) is 4.39 Å². The highest BCUT2D eigenvalue weighted by atomic mass is 19.2. The lowest BCUT2D eigenvalue weighted by atomic mass is 9.79. The number of allylic oxidation sites excluding steroid dienone is 1. The Morgan fingerprint density at radius 3 is 2.09 bits per heavy atom. The van der Waals surface area contributed by atoms with Crippen LogP contribution in [0.2, 0.25) is 0 Å². The molecule has 4 rings (SSSR count). The first-order valence-corrected chi connectivity index (χ1v) is 11.7. The molecular formula is C29H29F3O. The first-order valence-electron chi connectivity index (χ1n) is 11.7. The molecule has 0 bridgehead atoms. The third kappa shape index (κ3) is 5.16. The average Bonchev–Trinajstić information content (AvgIpc) is 2.83. The van der Waals surface area contributed by atoms with Crippen molar-refractivity contribution in [2.75, 3.05) is 0 Å². The molecule has 0 saturated heterocycles. The van der Waals surface area contributed by atoms with Crippen molar-refractivity contribution in [1.29, 1.82) is 0 Å². The fraction of sp³-hybridized carbons (Fsp3) is 0.310. The predicted molar refractivity (Wildman–Crippen MR) is 128 cm³/mol. The summed E-state index contributed by atoms with van der Waals surface area (Å²) < 4.78 is 49.2. The Hall–Kier alpha value is -3.01. The molecule has 1 nitrogen and oxygen atoms in total. The van der Waals surface area contributed by atoms with E-state index in [0.29, 0.717) is 22.6 Å². The van der Waals surface area contributed by atoms with Gasteiger partial charge in [0.15, 0.2) is 11.6 Å². The lowest BCUT2D eigenvalue weighted by molar-refractivity contribution is 0.347. The molecule has 0 atom stereocenters. The summed E-state index contributed by atoms with van der Waals surface area (Å²) in [5, 5.41) is 0. The van der Waals surface area contributed by atoms with Crippen molar-refractivity contribution in [1.82, 2.24) is 0 Å². The molecule has 172 valence electrons. The second-order valence-corrected chi connectivity index (χ2v) is 8.91. The van der Waals surface area contributed by atoms with Gasteiger partial charge in [0.1, 0.15) is 5.82 Å². The predicted octanol–water partition coefficient (Wildman–Crippen LogP) is 9.03. The van der Waals surface area contributed by atoms with Crippen LogP contribution in [0, 0.1) is 23.4 Å². The molecule has 4 heteroatoms. The highest BCUT2D eigenvalue weighted by molar-refractivity contribution is 5.71. The summed E-state index contributed by atoms with van der Waals surface area (Å²) in [5.74, 6) is -1.23. The van der Waals surface area contributed by atoms with E-state index in [4.69, 9.17) is 4.74 Å². The monoisotopic (exact) mass is 450 g/mol. The van der Waals surface area contributed by atoms with Crippen molar-refractivity contribution in [3.8, 4) is 28.0 Å². The number of ether oxygens (including phenoxy) is 1. The highest BCUT2D eigenvalue weighted by Crippen LogP contribution is 2.37. The largest absolute Gasteiger partial charge is 0.462 e. The highest BCUT2D eigenvalue weighted by Gasteiger charge is 2.21. The van der Waals surface area contributed by atoms with Crippen LogP contribution in [0.5, 0.6) is 5.75 Å². The van der Waals surface area contributed by atoms with E-state index in [1.54, 1.807) is 36.4 Å². The first kappa shape index (κ1) is 23.2. The Morgan fingerprint density at radius 2 is 1.45 bits per heavy atom. The van der Waals surface area contributed by atoms with Gasteiger partial charge in [0.25, 0.3) is 0 Å². The van der Waals surface area contributed by atoms with Crippen molar-refractivity contribution in [2.45, 2.75) is 51.9 Å². The second-order valence-electron chi connectivity index (χ2n) is 8.91. The van der Waals surface area contributed by atoms with Crippen LogP contribution in [-0.4, -0.2) is 0 Å². The second kappa shape index (κ2) is 10.3. The average molecular weight is 451 g/mol. The van der Waals surface area contributed by atoms with Crippen molar-refractivity contribution in [3.05, 3.63) is 90.0 Å². The minimum absolute atomic E-state index is 0.133. The third-order valence-corrected chi connectivity index (χ3v) is 6.56. The lowest BCUT2D eigenvalue weighted by Crippen LogP contribution is -2.11. The summed E-state index contributed by atoms with van der Waals surface area (Å²) in [6, 6.07) is 15.2. The zero-order chi connectivity index (χ0) is 23.4. The number of hydrogen-bond acceptors (Lipinski definition) is 1. The van der Waals surface area contributed by atoms with Crippen molar-refractivity contribution < 1.29 is 17.9 Å². The van der Waals surface area contributed by atoms with Gasteiger partial charge in [0.05, 0.1) is 6.26 Å². The minimum atomic E-state index is -1.03. The standard InChI is InChI=1S/C29H29F3O/c1-3-4-17-33-27-16-15-25(28(31)29(27)32)22-11-9-21(10-12-22)24-14-13-23(18-26(24)30)20-7-5-19(2)6-8-20/h4,9-20H,3,5-8H2,1-2H3/b17-4-. The van der Waals surface area contributed by atoms with E-state index < -0.39 is 11.6 Å². The zero-order valence-corrected chi connectivity index (χ0v) is 19.1. The van der Waals surface area contributed by atoms with Gasteiger partial charge < -0.3 is 4.74 Å². The van der Waals surface area contributed by atoms with Gasteiger partial charge in [0.2, 0.25) is 5.82 Å². The van der Waals surface area contributed by atoms with Crippen LogP contribution in [0.4, 0.5) is 13.2 Å². The molecule has 0 radical (unpaired) electrons. The van der Waals surface area contributed by atoms with Gasteiger partial charge in [0, 0.05) is 11.1 Å². The summed E-state index contributed by atoms with van der Waals surface area (Å²) in [5.41, 5.74) is 2.92. The molecule has 0 N–H and O–H groups in total. The van der Waals surface area contributed by atoms with Gasteiger partial charge in [-0.1, -0.05) is 63.1 Å². The van der Waals surface area contributed by atoms with Crippen LogP contribution in [0.1, 0.15) is 57.4 Å². The molecular weight excluding hydrogens is 421 g/mol. The van der Waals surface area contributed by atoms with Gasteiger partial charge in [-0.15, -0.1) is 0 Å². The van der Waals surface area contributed by atoms with Crippen molar-refractivity contribution >= 4 is 0 Å². The normalized spacial score (nSPS) is 18.6. The summed E-state index contributed by atoms with van der Waals surface area (Å²) in [4.78, 5) is 0. The van der Waals surface area contributed by atoms with Gasteiger partial charge in [-0.05, 0) is 72.1 Å². The van der Waals surface area contributed by atoms with E-state index in [9.17, 15) is 13.2 Å². The van der Waals surface area contributed by atoms with E-state index >= 15 is 0 Å². The molecule has 0 spiro atoms. The number of rotatable bonds is 6. The summed E-state index contributed by atoms with van der Waals surface area (Å²) >= 11 is 0. The maximum atomic E-state index is 15.0. The minimum Gasteiger partial charge on any atom is -0.462 e. The van der Waals surface area contributed by atoms with Gasteiger partial charge >= 0.3 is 0 Å². The molecule has 0 heterocycles. The molecule has 1 saturated carbocycles. The van der Waals surface area contributed by atoms with Crippen LogP contribution in [0.15, 0.2) is 66.9 Å². The smallest absolute Gasteiger partial charge is 0.201 e. The van der Waals surface area contributed by atoms with E-state index in [2.05, 4.69) is 6.92 Å². The Morgan fingerprint density at radius 1 is 0.818 bits per heavy atom. The Labute approximate surface area is 193 Å². The van der Waals surface area contributed by atoms with Crippen molar-refractivity contribution in [2.24, 2.45) is 5.92 Å². The molecule has 3 aromatic rings. The summed E-state index contributed by atoms with van der Waals surface area (Å²) in [7, 11) is 0. The maximum Gasteiger partial charge on any atom is 0.201 e. The SMILES string of the molecule is CC/C=C\Oc1ccc(-c2ccc(-c3ccc(C4CCC(C)CC4)cc3F)cc2)c(F)c1F. The quantitative estimate of drug-likeness (QED) is 0.340. The van der Waals surface area contributed by atoms with E-state index in [1.807, 2.05) is 19.1 Å². The Balaban J connectivity index is 1.54. The number of halogens is 3. The fourth-order valence-corrected chi connectivity index (χ4v) is 4.51. The molecule has 33 heavy (non-hydrogen) atoms. The fourth-order valence-electron chi connectivity index (χ4n) is 4.51. The molecule has 0 aliphatic heterocycles. The maximum absolute atomic E-state index is 15.0. The van der Waals surface area contributed by atoms with Crippen LogP contribution >= 0.6 is 0 Å². The lowest BCUT2D eigenvalue weighted by Gasteiger charge is -2.26. The Bertz CT molecular complexity index is 1130. The van der Waals surface area contributed by atoms with Crippen molar-refractivity contribution in [3.63, 3.8) is 0 Å². The molecule has 0 unspecified atom stereocenters. The summed E-state index contributed by atoms with van der Waals surface area (Å²) in [6.07, 6.45) is 8.39. The van der Waals surface area contributed by atoms with Gasteiger partial charge in [-0.25, -0.2) is 8.78 Å².